The van der Waals surface area contributed by atoms with E-state index in [9.17, 15) is 9.59 Å². The van der Waals surface area contributed by atoms with Gasteiger partial charge in [0.1, 0.15) is 0 Å². The SMILES string of the molecule is CCCCc1ccc(-c2csc(NC(=O)c3ccc(CNC(C)=O)s3)n2)cc1. The molecule has 0 aliphatic carbocycles. The third-order valence-electron chi connectivity index (χ3n) is 4.19. The van der Waals surface area contributed by atoms with Crippen molar-refractivity contribution in [3.8, 4) is 11.3 Å². The number of rotatable bonds is 8. The van der Waals surface area contributed by atoms with Crippen molar-refractivity contribution in [2.75, 3.05) is 5.32 Å². The lowest BCUT2D eigenvalue weighted by Gasteiger charge is -2.02. The molecule has 1 aromatic carbocycles. The number of thiophene rings is 1. The molecule has 5 nitrogen and oxygen atoms in total. The van der Waals surface area contributed by atoms with Gasteiger partial charge in [0, 0.05) is 22.7 Å². The number of aryl methyl sites for hydroxylation is 1. The van der Waals surface area contributed by atoms with Gasteiger partial charge in [0.25, 0.3) is 5.91 Å². The van der Waals surface area contributed by atoms with Crippen LogP contribution in [0.2, 0.25) is 0 Å². The molecule has 3 aromatic rings. The highest BCUT2D eigenvalue weighted by molar-refractivity contribution is 7.15. The van der Waals surface area contributed by atoms with Crippen LogP contribution in [0.3, 0.4) is 0 Å². The van der Waals surface area contributed by atoms with Gasteiger partial charge in [-0.05, 0) is 30.5 Å². The summed E-state index contributed by atoms with van der Waals surface area (Å²) in [5, 5.41) is 8.11. The molecular weight excluding hydrogens is 390 g/mol. The van der Waals surface area contributed by atoms with E-state index in [2.05, 4.69) is 46.8 Å². The third-order valence-corrected chi connectivity index (χ3v) is 6.03. The van der Waals surface area contributed by atoms with Crippen LogP contribution in [-0.2, 0) is 17.8 Å². The normalized spacial score (nSPS) is 10.6. The van der Waals surface area contributed by atoms with Crippen LogP contribution < -0.4 is 10.6 Å². The van der Waals surface area contributed by atoms with Crippen LogP contribution in [-0.4, -0.2) is 16.8 Å². The molecule has 2 aromatic heterocycles. The molecule has 2 heterocycles. The average Bonchev–Trinajstić information content (AvgIpc) is 3.35. The van der Waals surface area contributed by atoms with Gasteiger partial charge in [-0.2, -0.15) is 0 Å². The minimum Gasteiger partial charge on any atom is -0.351 e. The number of amides is 2. The van der Waals surface area contributed by atoms with E-state index < -0.39 is 0 Å². The van der Waals surface area contributed by atoms with E-state index in [1.807, 2.05) is 11.4 Å². The standard InChI is InChI=1S/C21H23N3O2S2/c1-3-4-5-15-6-8-16(9-7-15)18-13-27-21(23-18)24-20(26)19-11-10-17(28-19)12-22-14(2)25/h6-11,13H,3-5,12H2,1-2H3,(H,22,25)(H,23,24,26). The van der Waals surface area contributed by atoms with Crippen molar-refractivity contribution in [1.29, 1.82) is 0 Å². The van der Waals surface area contributed by atoms with Crippen molar-refractivity contribution in [3.05, 3.63) is 57.1 Å². The Labute approximate surface area is 172 Å². The summed E-state index contributed by atoms with van der Waals surface area (Å²) in [5.41, 5.74) is 3.24. The van der Waals surface area contributed by atoms with Gasteiger partial charge in [0.2, 0.25) is 5.91 Å². The molecule has 0 bridgehead atoms. The molecule has 0 spiro atoms. The molecule has 0 aliphatic rings. The van der Waals surface area contributed by atoms with Crippen LogP contribution in [0, 0.1) is 0 Å². The van der Waals surface area contributed by atoms with Gasteiger partial charge >= 0.3 is 0 Å². The summed E-state index contributed by atoms with van der Waals surface area (Å²) in [5.74, 6) is -0.275. The minimum atomic E-state index is -0.185. The van der Waals surface area contributed by atoms with Crippen molar-refractivity contribution >= 4 is 39.6 Å². The average molecular weight is 414 g/mol. The molecule has 0 aliphatic heterocycles. The number of unbranched alkanes of at least 4 members (excludes halogenated alkanes) is 1. The van der Waals surface area contributed by atoms with Crippen LogP contribution in [0.15, 0.2) is 41.8 Å². The first kappa shape index (κ1) is 20.2. The first-order chi connectivity index (χ1) is 13.5. The predicted octanol–water partition coefficient (Wildman–Crippen LogP) is 5.10. The summed E-state index contributed by atoms with van der Waals surface area (Å²) in [7, 11) is 0. The minimum absolute atomic E-state index is 0.0897. The van der Waals surface area contributed by atoms with Gasteiger partial charge in [-0.1, -0.05) is 37.6 Å². The number of hydrogen-bond donors (Lipinski definition) is 2. The highest BCUT2D eigenvalue weighted by Gasteiger charge is 2.12. The molecule has 2 amide bonds. The Hall–Kier alpha value is -2.51. The maximum atomic E-state index is 12.4. The molecule has 28 heavy (non-hydrogen) atoms. The number of hydrogen-bond acceptors (Lipinski definition) is 5. The van der Waals surface area contributed by atoms with E-state index in [0.717, 1.165) is 22.6 Å². The molecule has 0 saturated heterocycles. The highest BCUT2D eigenvalue weighted by Crippen LogP contribution is 2.26. The number of carbonyl (C=O) groups excluding carboxylic acids is 2. The molecule has 0 saturated carbocycles. The van der Waals surface area contributed by atoms with Crippen molar-refractivity contribution in [2.24, 2.45) is 0 Å². The molecular formula is C21H23N3O2S2. The monoisotopic (exact) mass is 413 g/mol. The molecule has 0 atom stereocenters. The number of nitrogens with zero attached hydrogens (tertiary/aromatic N) is 1. The summed E-state index contributed by atoms with van der Waals surface area (Å²) in [6, 6.07) is 12.1. The van der Waals surface area contributed by atoms with Crippen molar-refractivity contribution in [2.45, 2.75) is 39.7 Å². The Morgan fingerprint density at radius 3 is 2.61 bits per heavy atom. The van der Waals surface area contributed by atoms with Gasteiger partial charge in [-0.25, -0.2) is 4.98 Å². The zero-order chi connectivity index (χ0) is 19.9. The number of nitrogens with one attached hydrogen (secondary N) is 2. The van der Waals surface area contributed by atoms with Crippen molar-refractivity contribution < 1.29 is 9.59 Å². The lowest BCUT2D eigenvalue weighted by atomic mass is 10.1. The number of thiazole rings is 1. The van der Waals surface area contributed by atoms with E-state index in [4.69, 9.17) is 0 Å². The van der Waals surface area contributed by atoms with E-state index in [1.54, 1.807) is 6.07 Å². The highest BCUT2D eigenvalue weighted by atomic mass is 32.1. The van der Waals surface area contributed by atoms with E-state index in [-0.39, 0.29) is 11.8 Å². The lowest BCUT2D eigenvalue weighted by molar-refractivity contribution is -0.119. The molecule has 2 N–H and O–H groups in total. The Balaban J connectivity index is 1.61. The Bertz CT molecular complexity index is 945. The first-order valence-corrected chi connectivity index (χ1v) is 10.9. The van der Waals surface area contributed by atoms with Crippen LogP contribution in [0.1, 0.15) is 46.8 Å². The lowest BCUT2D eigenvalue weighted by Crippen LogP contribution is -2.18. The molecule has 7 heteroatoms. The van der Waals surface area contributed by atoms with E-state index in [0.29, 0.717) is 16.6 Å². The fourth-order valence-corrected chi connectivity index (χ4v) is 4.21. The third kappa shape index (κ3) is 5.50. The Kier molecular flexibility index (Phi) is 6.95. The van der Waals surface area contributed by atoms with Crippen molar-refractivity contribution in [1.82, 2.24) is 10.3 Å². The van der Waals surface area contributed by atoms with Gasteiger partial charge in [0.05, 0.1) is 17.1 Å². The zero-order valence-corrected chi connectivity index (χ0v) is 17.6. The quantitative estimate of drug-likeness (QED) is 0.539. The maximum Gasteiger partial charge on any atom is 0.267 e. The predicted molar refractivity (Wildman–Crippen MR) is 116 cm³/mol. The van der Waals surface area contributed by atoms with Crippen LogP contribution in [0.25, 0.3) is 11.3 Å². The van der Waals surface area contributed by atoms with Gasteiger partial charge < -0.3 is 5.32 Å². The molecule has 0 unspecified atom stereocenters. The fourth-order valence-electron chi connectivity index (χ4n) is 2.65. The first-order valence-electron chi connectivity index (χ1n) is 9.24. The Morgan fingerprint density at radius 1 is 1.11 bits per heavy atom. The number of benzene rings is 1. The van der Waals surface area contributed by atoms with Crippen LogP contribution >= 0.6 is 22.7 Å². The fraction of sp³-hybridized carbons (Fsp3) is 0.286. The van der Waals surface area contributed by atoms with Crippen LogP contribution in [0.5, 0.6) is 0 Å². The topological polar surface area (TPSA) is 71.1 Å². The second-order valence-corrected chi connectivity index (χ2v) is 8.49. The summed E-state index contributed by atoms with van der Waals surface area (Å²) in [4.78, 5) is 29.5. The zero-order valence-electron chi connectivity index (χ0n) is 16.0. The second kappa shape index (κ2) is 9.61. The smallest absolute Gasteiger partial charge is 0.267 e. The summed E-state index contributed by atoms with van der Waals surface area (Å²) in [6.45, 7) is 4.10. The van der Waals surface area contributed by atoms with E-state index in [1.165, 1.54) is 48.0 Å². The van der Waals surface area contributed by atoms with Gasteiger partial charge in [-0.3, -0.25) is 14.9 Å². The van der Waals surface area contributed by atoms with Gasteiger partial charge in [0.15, 0.2) is 5.13 Å². The number of anilines is 1. The second-order valence-electron chi connectivity index (χ2n) is 6.47. The molecule has 0 radical (unpaired) electrons. The van der Waals surface area contributed by atoms with Crippen molar-refractivity contribution in [3.63, 3.8) is 0 Å². The molecule has 3 rings (SSSR count). The number of carbonyl (C=O) groups is 2. The van der Waals surface area contributed by atoms with Crippen LogP contribution in [0.4, 0.5) is 5.13 Å². The van der Waals surface area contributed by atoms with Gasteiger partial charge in [-0.15, -0.1) is 22.7 Å². The summed E-state index contributed by atoms with van der Waals surface area (Å²) >= 11 is 2.77. The van der Waals surface area contributed by atoms with E-state index >= 15 is 0 Å². The summed E-state index contributed by atoms with van der Waals surface area (Å²) < 4.78 is 0. The number of aromatic nitrogens is 1. The maximum absolute atomic E-state index is 12.4. The molecule has 0 fully saturated rings. The molecule has 146 valence electrons. The Morgan fingerprint density at radius 2 is 1.89 bits per heavy atom. The summed E-state index contributed by atoms with van der Waals surface area (Å²) in [6.07, 6.45) is 3.48. The largest absolute Gasteiger partial charge is 0.351 e.